The summed E-state index contributed by atoms with van der Waals surface area (Å²) in [5, 5.41) is 9.46. The Balaban J connectivity index is 1.22. The Hall–Kier alpha value is -4.17. The highest BCUT2D eigenvalue weighted by Crippen LogP contribution is 2.26. The molecule has 2 aromatic carbocycles. The Kier molecular flexibility index (Phi) is 8.53. The van der Waals surface area contributed by atoms with Gasteiger partial charge in [-0.1, -0.05) is 60.1 Å². The first-order valence-corrected chi connectivity index (χ1v) is 13.4. The van der Waals surface area contributed by atoms with Gasteiger partial charge in [0.15, 0.2) is 5.82 Å². The van der Waals surface area contributed by atoms with Crippen LogP contribution in [0.3, 0.4) is 0 Å². The molecule has 1 aliphatic heterocycles. The number of aromatic nitrogens is 2. The van der Waals surface area contributed by atoms with Crippen molar-refractivity contribution in [1.82, 2.24) is 20.0 Å². The van der Waals surface area contributed by atoms with Crippen LogP contribution in [-0.2, 0) is 22.6 Å². The number of hydrogen-bond donors (Lipinski definition) is 0. The largest absolute Gasteiger partial charge is 0.467 e. The molecule has 0 saturated carbocycles. The van der Waals surface area contributed by atoms with E-state index in [1.165, 1.54) is 0 Å². The van der Waals surface area contributed by atoms with E-state index in [0.717, 1.165) is 29.9 Å². The number of furan rings is 1. The number of amides is 2. The molecule has 2 amide bonds. The van der Waals surface area contributed by atoms with Gasteiger partial charge in [-0.05, 0) is 42.3 Å². The summed E-state index contributed by atoms with van der Waals surface area (Å²) in [4.78, 5) is 32.1. The zero-order chi connectivity index (χ0) is 27.0. The average Bonchev–Trinajstić information content (AvgIpc) is 3.35. The topological polar surface area (TPSA) is 82.8 Å². The van der Waals surface area contributed by atoms with E-state index in [4.69, 9.17) is 16.0 Å². The minimum atomic E-state index is -0.115. The van der Waals surface area contributed by atoms with Crippen LogP contribution in [0, 0.1) is 0 Å². The Morgan fingerprint density at radius 2 is 1.69 bits per heavy atom. The fraction of sp³-hybridized carbons (Fsp3) is 0.267. The van der Waals surface area contributed by atoms with E-state index in [1.807, 2.05) is 77.7 Å². The van der Waals surface area contributed by atoms with Crippen LogP contribution in [-0.4, -0.2) is 64.5 Å². The summed E-state index contributed by atoms with van der Waals surface area (Å²) in [6, 6.07) is 24.6. The summed E-state index contributed by atoms with van der Waals surface area (Å²) in [5.41, 5.74) is 2.46. The normalized spacial score (nSPS) is 13.7. The van der Waals surface area contributed by atoms with Crippen molar-refractivity contribution in [1.29, 1.82) is 0 Å². The molecule has 1 fully saturated rings. The molecule has 0 bridgehead atoms. The van der Waals surface area contributed by atoms with Crippen molar-refractivity contribution in [2.75, 3.05) is 37.6 Å². The fourth-order valence-corrected chi connectivity index (χ4v) is 4.90. The number of hydrogen-bond acceptors (Lipinski definition) is 6. The Labute approximate surface area is 232 Å². The lowest BCUT2D eigenvalue weighted by Crippen LogP contribution is -2.44. The third-order valence-electron chi connectivity index (χ3n) is 6.78. The molecule has 0 radical (unpaired) electrons. The Morgan fingerprint density at radius 1 is 0.872 bits per heavy atom. The molecule has 200 valence electrons. The van der Waals surface area contributed by atoms with Crippen molar-refractivity contribution in [3.8, 4) is 11.3 Å². The van der Waals surface area contributed by atoms with Gasteiger partial charge in [-0.15, -0.1) is 10.2 Å². The monoisotopic (exact) mass is 543 g/mol. The number of benzene rings is 2. The van der Waals surface area contributed by atoms with Gasteiger partial charge in [-0.25, -0.2) is 0 Å². The van der Waals surface area contributed by atoms with Crippen LogP contribution in [0.4, 0.5) is 5.82 Å². The van der Waals surface area contributed by atoms with Crippen LogP contribution in [0.15, 0.2) is 89.5 Å². The maximum absolute atomic E-state index is 13.4. The summed E-state index contributed by atoms with van der Waals surface area (Å²) in [5.74, 6) is 1.21. The van der Waals surface area contributed by atoms with Crippen molar-refractivity contribution in [3.05, 3.63) is 101 Å². The number of anilines is 1. The van der Waals surface area contributed by atoms with Crippen molar-refractivity contribution < 1.29 is 14.0 Å². The van der Waals surface area contributed by atoms with Gasteiger partial charge in [-0.2, -0.15) is 0 Å². The van der Waals surface area contributed by atoms with E-state index >= 15 is 0 Å². The first-order chi connectivity index (χ1) is 19.1. The zero-order valence-corrected chi connectivity index (χ0v) is 22.3. The number of halogens is 1. The van der Waals surface area contributed by atoms with E-state index in [0.29, 0.717) is 36.1 Å². The molecule has 0 spiro atoms. The van der Waals surface area contributed by atoms with Gasteiger partial charge < -0.3 is 19.1 Å². The van der Waals surface area contributed by atoms with Crippen molar-refractivity contribution >= 4 is 29.2 Å². The van der Waals surface area contributed by atoms with Gasteiger partial charge in [0.1, 0.15) is 12.3 Å². The standard InChI is InChI=1S/C30H30ClN5O3/c31-26-12-5-4-11-25(26)27-13-14-28(33-32-27)34-15-7-16-35(18-17-34)30(38)22-36(21-24-10-6-19-39-24)29(37)20-23-8-2-1-3-9-23/h1-6,8-14,19H,7,15-18,20-22H2. The van der Waals surface area contributed by atoms with Gasteiger partial charge in [0, 0.05) is 31.7 Å². The SMILES string of the molecule is O=C(CN(Cc1ccco1)C(=O)Cc1ccccc1)N1CCCN(c2ccc(-c3ccccc3Cl)nn2)CC1. The predicted molar refractivity (Wildman–Crippen MR) is 150 cm³/mol. The molecule has 5 rings (SSSR count). The molecular formula is C30H30ClN5O3. The lowest BCUT2D eigenvalue weighted by Gasteiger charge is -2.27. The quantitative estimate of drug-likeness (QED) is 0.320. The van der Waals surface area contributed by atoms with Gasteiger partial charge in [0.2, 0.25) is 11.8 Å². The molecule has 0 unspecified atom stereocenters. The van der Waals surface area contributed by atoms with Crippen LogP contribution in [0.5, 0.6) is 0 Å². The summed E-state index contributed by atoms with van der Waals surface area (Å²) in [7, 11) is 0. The van der Waals surface area contributed by atoms with E-state index in [1.54, 1.807) is 17.2 Å². The van der Waals surface area contributed by atoms with Crippen molar-refractivity contribution in [2.45, 2.75) is 19.4 Å². The number of nitrogens with zero attached hydrogens (tertiary/aromatic N) is 5. The van der Waals surface area contributed by atoms with Gasteiger partial charge in [0.05, 0.1) is 29.9 Å². The highest BCUT2D eigenvalue weighted by Gasteiger charge is 2.25. The van der Waals surface area contributed by atoms with Crippen LogP contribution in [0.1, 0.15) is 17.7 Å². The van der Waals surface area contributed by atoms with Crippen molar-refractivity contribution in [2.24, 2.45) is 0 Å². The average molecular weight is 544 g/mol. The summed E-state index contributed by atoms with van der Waals surface area (Å²) >= 11 is 6.30. The van der Waals surface area contributed by atoms with Crippen LogP contribution in [0.2, 0.25) is 5.02 Å². The molecule has 3 heterocycles. The molecule has 1 aliphatic rings. The molecule has 4 aromatic rings. The molecule has 0 N–H and O–H groups in total. The minimum Gasteiger partial charge on any atom is -0.467 e. The van der Waals surface area contributed by atoms with Crippen molar-refractivity contribution in [3.63, 3.8) is 0 Å². The maximum Gasteiger partial charge on any atom is 0.242 e. The summed E-state index contributed by atoms with van der Waals surface area (Å²) < 4.78 is 5.47. The lowest BCUT2D eigenvalue weighted by atomic mass is 10.1. The van der Waals surface area contributed by atoms with Crippen LogP contribution >= 0.6 is 11.6 Å². The third-order valence-corrected chi connectivity index (χ3v) is 7.11. The molecule has 1 saturated heterocycles. The first-order valence-electron chi connectivity index (χ1n) is 13.0. The van der Waals surface area contributed by atoms with E-state index in [2.05, 4.69) is 15.1 Å². The van der Waals surface area contributed by atoms with Gasteiger partial charge in [0.25, 0.3) is 0 Å². The predicted octanol–water partition coefficient (Wildman–Crippen LogP) is 4.70. The second-order valence-electron chi connectivity index (χ2n) is 9.47. The molecule has 8 nitrogen and oxygen atoms in total. The van der Waals surface area contributed by atoms with Gasteiger partial charge >= 0.3 is 0 Å². The number of rotatable bonds is 8. The van der Waals surface area contributed by atoms with Crippen LogP contribution < -0.4 is 4.90 Å². The zero-order valence-electron chi connectivity index (χ0n) is 21.6. The number of carbonyl (C=O) groups is 2. The summed E-state index contributed by atoms with van der Waals surface area (Å²) in [6.45, 7) is 2.78. The molecule has 2 aromatic heterocycles. The maximum atomic E-state index is 13.4. The third kappa shape index (κ3) is 6.83. The summed E-state index contributed by atoms with van der Waals surface area (Å²) in [6.07, 6.45) is 2.59. The second kappa shape index (κ2) is 12.6. The lowest BCUT2D eigenvalue weighted by molar-refractivity contribution is -0.140. The molecule has 9 heteroatoms. The number of carbonyl (C=O) groups excluding carboxylic acids is 2. The van der Waals surface area contributed by atoms with Crippen LogP contribution in [0.25, 0.3) is 11.3 Å². The highest BCUT2D eigenvalue weighted by molar-refractivity contribution is 6.33. The molecule has 0 atom stereocenters. The second-order valence-corrected chi connectivity index (χ2v) is 9.88. The highest BCUT2D eigenvalue weighted by atomic mass is 35.5. The Bertz CT molecular complexity index is 1380. The van der Waals surface area contributed by atoms with E-state index < -0.39 is 0 Å². The smallest absolute Gasteiger partial charge is 0.242 e. The molecule has 0 aliphatic carbocycles. The molecular weight excluding hydrogens is 514 g/mol. The Morgan fingerprint density at radius 3 is 2.44 bits per heavy atom. The van der Waals surface area contributed by atoms with E-state index in [-0.39, 0.29) is 31.3 Å². The molecule has 39 heavy (non-hydrogen) atoms. The van der Waals surface area contributed by atoms with E-state index in [9.17, 15) is 9.59 Å². The minimum absolute atomic E-state index is 0.00129. The van der Waals surface area contributed by atoms with Gasteiger partial charge in [-0.3, -0.25) is 9.59 Å². The fourth-order valence-electron chi connectivity index (χ4n) is 4.67. The first kappa shape index (κ1) is 26.4.